The van der Waals surface area contributed by atoms with Gasteiger partial charge in [0.15, 0.2) is 34.9 Å². The smallest absolute Gasteiger partial charge is 0.167 e. The lowest BCUT2D eigenvalue weighted by Crippen LogP contribution is -2.14. The number of nitrogens with zero attached hydrogens (tertiary/aromatic N) is 8. The lowest BCUT2D eigenvalue weighted by molar-refractivity contribution is 0.661. The monoisotopic (exact) mass is 1350 g/mol. The fourth-order valence-corrected chi connectivity index (χ4v) is 17.1. The van der Waals surface area contributed by atoms with Crippen molar-refractivity contribution in [2.24, 2.45) is 0 Å². The zero-order valence-corrected chi connectivity index (χ0v) is 57.1. The van der Waals surface area contributed by atoms with Crippen LogP contribution >= 0.6 is 11.3 Å². The Morgan fingerprint density at radius 1 is 0.260 bits per heavy atom. The highest BCUT2D eigenvalue weighted by molar-refractivity contribution is 7.25. The van der Waals surface area contributed by atoms with E-state index in [1.165, 1.54) is 86.0 Å². The summed E-state index contributed by atoms with van der Waals surface area (Å²) in [5.41, 5.74) is 20.7. The van der Waals surface area contributed by atoms with Gasteiger partial charge in [0.1, 0.15) is 22.3 Å². The largest absolute Gasteiger partial charge is 0.455 e. The van der Waals surface area contributed by atoms with Gasteiger partial charge in [-0.1, -0.05) is 238 Å². The maximum absolute atomic E-state index is 6.69. The molecule has 0 saturated carbocycles. The highest BCUT2D eigenvalue weighted by Gasteiger charge is 2.36. The Labute approximate surface area is 599 Å². The van der Waals surface area contributed by atoms with Crippen LogP contribution in [0, 0.1) is 0 Å². The highest BCUT2D eigenvalue weighted by atomic mass is 32.1. The summed E-state index contributed by atoms with van der Waals surface area (Å²) in [5.74, 6) is 3.62. The van der Waals surface area contributed by atoms with Crippen molar-refractivity contribution >= 4 is 119 Å². The highest BCUT2D eigenvalue weighted by Crippen LogP contribution is 2.52. The van der Waals surface area contributed by atoms with Gasteiger partial charge in [-0.25, -0.2) is 29.9 Å². The molecule has 0 amide bonds. The third-order valence-corrected chi connectivity index (χ3v) is 22.0. The minimum atomic E-state index is -0.0715. The summed E-state index contributed by atoms with van der Waals surface area (Å²) in [7, 11) is 0. The van der Waals surface area contributed by atoms with Crippen LogP contribution in [-0.2, 0) is 5.41 Å². The van der Waals surface area contributed by atoms with Crippen molar-refractivity contribution in [2.45, 2.75) is 19.3 Å². The molecule has 0 bridgehead atoms. The fraction of sp³-hybridized carbons (Fsp3) is 0.0323. The first-order valence-electron chi connectivity index (χ1n) is 35.0. The quantitative estimate of drug-likeness (QED) is 0.148. The normalized spacial score (nSPS) is 12.6. The Morgan fingerprint density at radius 3 is 1.17 bits per heavy atom. The maximum atomic E-state index is 6.69. The van der Waals surface area contributed by atoms with Gasteiger partial charge in [-0.3, -0.25) is 0 Å². The zero-order valence-electron chi connectivity index (χ0n) is 56.3. The third kappa shape index (κ3) is 9.40. The van der Waals surface area contributed by atoms with E-state index in [1.807, 2.05) is 145 Å². The first kappa shape index (κ1) is 59.4. The standard InChI is InChI=1S/C48H32N4O.C45H26N4OS/c1-48(2)39-22-11-9-18-32(39)36-28-42-37(27-40(36)48)33-19-10-12-23-41(33)52(42)31-24-25-43-38(26-31)34-20-13-21-35(44(34)53-43)47-50-45(29-14-5-3-6-15-29)49-46(51-47)30-16-7-4-8-17-30;1-3-12-27(13-4-1)43-46-44(28-14-5-2-6-15-28)48-45(47-43)33-19-11-18-32-35-24-29(22-23-39(35)50-42(32)33)49-37-20-9-7-16-30(37)34-26-41-36(25-38(34)49)31-17-8-10-21-40(31)51-41/h3-28H,1-2H3;1-26H. The maximum Gasteiger partial charge on any atom is 0.167 e. The summed E-state index contributed by atoms with van der Waals surface area (Å²) < 4.78 is 20.8. The third-order valence-electron chi connectivity index (χ3n) is 20.9. The lowest BCUT2D eigenvalue weighted by atomic mass is 9.82. The molecule has 0 unspecified atom stereocenters. The predicted octanol–water partition coefficient (Wildman–Crippen LogP) is 24.4. The summed E-state index contributed by atoms with van der Waals surface area (Å²) in [6, 6.07) is 110. The molecule has 10 nitrogen and oxygen atoms in total. The number of aromatic nitrogens is 8. The number of para-hydroxylation sites is 4. The van der Waals surface area contributed by atoms with Crippen LogP contribution in [0.25, 0.3) is 198 Å². The zero-order chi connectivity index (χ0) is 68.7. The van der Waals surface area contributed by atoms with Gasteiger partial charge in [-0.05, 0) is 113 Å². The molecule has 0 N–H and O–H groups in total. The van der Waals surface area contributed by atoms with E-state index in [1.54, 1.807) is 0 Å². The molecule has 1 aliphatic carbocycles. The minimum Gasteiger partial charge on any atom is -0.455 e. The molecule has 0 atom stereocenters. The van der Waals surface area contributed by atoms with Gasteiger partial charge in [0.2, 0.25) is 0 Å². The molecule has 0 spiro atoms. The Balaban J connectivity index is 0.000000134. The molecule has 488 valence electrons. The first-order chi connectivity index (χ1) is 51.3. The Hall–Kier alpha value is -13.5. The van der Waals surface area contributed by atoms with E-state index in [4.69, 9.17) is 38.7 Å². The number of thiophene rings is 1. The summed E-state index contributed by atoms with van der Waals surface area (Å²) in [5, 5.41) is 11.7. The van der Waals surface area contributed by atoms with E-state index in [2.05, 4.69) is 205 Å². The minimum absolute atomic E-state index is 0.0715. The van der Waals surface area contributed by atoms with E-state index in [0.29, 0.717) is 34.9 Å². The summed E-state index contributed by atoms with van der Waals surface area (Å²) in [4.78, 5) is 29.8. The van der Waals surface area contributed by atoms with Crippen molar-refractivity contribution in [1.82, 2.24) is 39.0 Å². The molecule has 0 radical (unpaired) electrons. The Morgan fingerprint density at radius 2 is 0.663 bits per heavy atom. The molecular formula is C93H58N8O2S. The molecule has 14 aromatic carbocycles. The van der Waals surface area contributed by atoms with Crippen LogP contribution in [0.3, 0.4) is 0 Å². The number of rotatable bonds is 8. The van der Waals surface area contributed by atoms with Crippen LogP contribution in [0.5, 0.6) is 0 Å². The van der Waals surface area contributed by atoms with Crippen LogP contribution in [0.15, 0.2) is 324 Å². The van der Waals surface area contributed by atoms with E-state index in [0.717, 1.165) is 88.6 Å². The van der Waals surface area contributed by atoms with Gasteiger partial charge in [0, 0.05) is 102 Å². The Kier molecular flexibility index (Phi) is 13.3. The molecular weight excluding hydrogens is 1290 g/mol. The number of hydrogen-bond donors (Lipinski definition) is 0. The van der Waals surface area contributed by atoms with Gasteiger partial charge >= 0.3 is 0 Å². The van der Waals surface area contributed by atoms with E-state index in [-0.39, 0.29) is 5.41 Å². The van der Waals surface area contributed by atoms with Crippen molar-refractivity contribution in [3.63, 3.8) is 0 Å². The van der Waals surface area contributed by atoms with Crippen molar-refractivity contribution in [2.75, 3.05) is 0 Å². The summed E-state index contributed by atoms with van der Waals surface area (Å²) in [6.45, 7) is 4.69. The molecule has 0 fully saturated rings. The second-order valence-electron chi connectivity index (χ2n) is 27.3. The molecule has 11 heteroatoms. The summed E-state index contributed by atoms with van der Waals surface area (Å²) in [6.07, 6.45) is 0. The van der Waals surface area contributed by atoms with Gasteiger partial charge in [0.05, 0.1) is 33.2 Å². The van der Waals surface area contributed by atoms with Crippen molar-refractivity contribution in [1.29, 1.82) is 0 Å². The van der Waals surface area contributed by atoms with Crippen LogP contribution < -0.4 is 0 Å². The van der Waals surface area contributed by atoms with Crippen LogP contribution in [0.2, 0.25) is 0 Å². The average molecular weight is 1350 g/mol. The van der Waals surface area contributed by atoms with Crippen molar-refractivity contribution < 1.29 is 8.83 Å². The number of fused-ring (bicyclic) bond motifs is 18. The average Bonchev–Trinajstić information content (AvgIpc) is 1.59. The molecule has 0 aliphatic heterocycles. The molecule has 7 heterocycles. The molecule has 22 rings (SSSR count). The molecule has 104 heavy (non-hydrogen) atoms. The van der Waals surface area contributed by atoms with E-state index >= 15 is 0 Å². The second kappa shape index (κ2) is 23.3. The molecule has 7 aromatic heterocycles. The van der Waals surface area contributed by atoms with E-state index < -0.39 is 0 Å². The summed E-state index contributed by atoms with van der Waals surface area (Å²) >= 11 is 1.86. The molecule has 0 saturated heterocycles. The molecule has 21 aromatic rings. The number of hydrogen-bond acceptors (Lipinski definition) is 9. The molecule has 1 aliphatic rings. The lowest BCUT2D eigenvalue weighted by Gasteiger charge is -2.21. The van der Waals surface area contributed by atoms with Gasteiger partial charge in [-0.15, -0.1) is 11.3 Å². The topological polar surface area (TPSA) is 113 Å². The second-order valence-corrected chi connectivity index (χ2v) is 28.3. The van der Waals surface area contributed by atoms with Gasteiger partial charge < -0.3 is 18.0 Å². The van der Waals surface area contributed by atoms with Crippen LogP contribution in [0.4, 0.5) is 0 Å². The first-order valence-corrected chi connectivity index (χ1v) is 35.8. The van der Waals surface area contributed by atoms with Crippen LogP contribution in [0.1, 0.15) is 25.0 Å². The fourth-order valence-electron chi connectivity index (χ4n) is 16.0. The Bertz CT molecular complexity index is 6960. The number of furan rings is 2. The SMILES string of the molecule is CC1(C)c2ccccc2-c2cc3c(cc21)c1ccccc1n3-c1ccc2oc3c(-c4nc(-c5ccccc5)nc(-c5ccccc5)n4)cccc3c2c1.c1ccc(-c2nc(-c3ccccc3)nc(-c3cccc4c3oc3ccc(-n5c6ccccc6c6cc7sc8ccccc8c7cc65)cc34)n2)cc1. The number of benzene rings is 14. The van der Waals surface area contributed by atoms with Crippen molar-refractivity contribution in [3.8, 4) is 90.8 Å². The van der Waals surface area contributed by atoms with E-state index in [9.17, 15) is 0 Å². The van der Waals surface area contributed by atoms with Crippen LogP contribution in [-0.4, -0.2) is 39.0 Å². The van der Waals surface area contributed by atoms with Gasteiger partial charge in [-0.2, -0.15) is 0 Å². The van der Waals surface area contributed by atoms with Crippen molar-refractivity contribution in [3.05, 3.63) is 327 Å². The van der Waals surface area contributed by atoms with Gasteiger partial charge in [0.25, 0.3) is 0 Å². The predicted molar refractivity (Wildman–Crippen MR) is 426 cm³/mol.